The Morgan fingerprint density at radius 2 is 2.10 bits per heavy atom. The SMILES string of the molecule is CCNC(Cc1cc(CC)nn1C)c1cc(C)ccn1. The van der Waals surface area contributed by atoms with Gasteiger partial charge in [-0.25, -0.2) is 0 Å². The van der Waals surface area contributed by atoms with Crippen molar-refractivity contribution in [2.45, 2.75) is 39.7 Å². The molecular formula is C16H24N4. The van der Waals surface area contributed by atoms with Crippen LogP contribution in [0.1, 0.15) is 42.5 Å². The zero-order valence-electron chi connectivity index (χ0n) is 12.8. The molecule has 0 saturated carbocycles. The molecule has 0 aliphatic heterocycles. The van der Waals surface area contributed by atoms with E-state index in [9.17, 15) is 0 Å². The van der Waals surface area contributed by atoms with Gasteiger partial charge in [0.1, 0.15) is 0 Å². The van der Waals surface area contributed by atoms with E-state index in [0.29, 0.717) is 0 Å². The molecule has 2 heterocycles. The van der Waals surface area contributed by atoms with Crippen LogP contribution in [0.3, 0.4) is 0 Å². The van der Waals surface area contributed by atoms with Crippen LogP contribution < -0.4 is 5.32 Å². The van der Waals surface area contributed by atoms with Gasteiger partial charge < -0.3 is 5.32 Å². The van der Waals surface area contributed by atoms with Crippen molar-refractivity contribution < 1.29 is 0 Å². The van der Waals surface area contributed by atoms with Crippen molar-refractivity contribution in [2.24, 2.45) is 7.05 Å². The zero-order chi connectivity index (χ0) is 14.5. The molecule has 1 unspecified atom stereocenters. The summed E-state index contributed by atoms with van der Waals surface area (Å²) in [5.74, 6) is 0. The third-order valence-electron chi connectivity index (χ3n) is 3.55. The molecule has 0 bridgehead atoms. The van der Waals surface area contributed by atoms with E-state index in [2.05, 4.69) is 48.3 Å². The fraction of sp³-hybridized carbons (Fsp3) is 0.500. The van der Waals surface area contributed by atoms with Gasteiger partial charge in [0.15, 0.2) is 0 Å². The lowest BCUT2D eigenvalue weighted by atomic mass is 10.1. The Morgan fingerprint density at radius 1 is 1.30 bits per heavy atom. The predicted molar refractivity (Wildman–Crippen MR) is 81.7 cm³/mol. The van der Waals surface area contributed by atoms with Crippen LogP contribution in [0.5, 0.6) is 0 Å². The van der Waals surface area contributed by atoms with E-state index in [1.165, 1.54) is 11.3 Å². The van der Waals surface area contributed by atoms with Gasteiger partial charge in [0.25, 0.3) is 0 Å². The van der Waals surface area contributed by atoms with Crippen molar-refractivity contribution in [1.29, 1.82) is 0 Å². The molecule has 0 saturated heterocycles. The highest BCUT2D eigenvalue weighted by atomic mass is 15.3. The quantitative estimate of drug-likeness (QED) is 0.879. The molecule has 0 amide bonds. The van der Waals surface area contributed by atoms with E-state index in [4.69, 9.17) is 0 Å². The van der Waals surface area contributed by atoms with E-state index >= 15 is 0 Å². The molecule has 0 aromatic carbocycles. The molecule has 1 atom stereocenters. The van der Waals surface area contributed by atoms with E-state index < -0.39 is 0 Å². The first-order valence-electron chi connectivity index (χ1n) is 7.31. The summed E-state index contributed by atoms with van der Waals surface area (Å²) in [6, 6.07) is 6.62. The van der Waals surface area contributed by atoms with Crippen LogP contribution in [-0.2, 0) is 19.9 Å². The summed E-state index contributed by atoms with van der Waals surface area (Å²) in [6.07, 6.45) is 3.77. The highest BCUT2D eigenvalue weighted by molar-refractivity contribution is 5.20. The van der Waals surface area contributed by atoms with Crippen LogP contribution in [0.4, 0.5) is 0 Å². The minimum absolute atomic E-state index is 0.236. The Hall–Kier alpha value is -1.68. The summed E-state index contributed by atoms with van der Waals surface area (Å²) >= 11 is 0. The second-order valence-electron chi connectivity index (χ2n) is 5.18. The lowest BCUT2D eigenvalue weighted by molar-refractivity contribution is 0.517. The minimum Gasteiger partial charge on any atom is -0.309 e. The number of aromatic nitrogens is 3. The smallest absolute Gasteiger partial charge is 0.0624 e. The van der Waals surface area contributed by atoms with Gasteiger partial charge in [-0.05, 0) is 43.7 Å². The molecule has 0 aliphatic carbocycles. The van der Waals surface area contributed by atoms with Gasteiger partial charge in [0.2, 0.25) is 0 Å². The number of hydrogen-bond acceptors (Lipinski definition) is 3. The Bertz CT molecular complexity index is 559. The highest BCUT2D eigenvalue weighted by Gasteiger charge is 2.15. The van der Waals surface area contributed by atoms with Crippen molar-refractivity contribution in [3.63, 3.8) is 0 Å². The first kappa shape index (κ1) is 14.7. The van der Waals surface area contributed by atoms with Crippen LogP contribution in [0, 0.1) is 6.92 Å². The molecular weight excluding hydrogens is 248 g/mol. The highest BCUT2D eigenvalue weighted by Crippen LogP contribution is 2.18. The Morgan fingerprint density at radius 3 is 2.70 bits per heavy atom. The number of rotatable bonds is 6. The maximum atomic E-state index is 4.52. The summed E-state index contributed by atoms with van der Waals surface area (Å²) in [7, 11) is 2.02. The van der Waals surface area contributed by atoms with Gasteiger partial charge in [-0.3, -0.25) is 9.67 Å². The first-order valence-corrected chi connectivity index (χ1v) is 7.31. The van der Waals surface area contributed by atoms with Crippen molar-refractivity contribution in [1.82, 2.24) is 20.1 Å². The zero-order valence-corrected chi connectivity index (χ0v) is 12.8. The predicted octanol–water partition coefficient (Wildman–Crippen LogP) is 2.58. The normalized spacial score (nSPS) is 12.6. The van der Waals surface area contributed by atoms with Gasteiger partial charge in [-0.1, -0.05) is 13.8 Å². The maximum Gasteiger partial charge on any atom is 0.0624 e. The van der Waals surface area contributed by atoms with Gasteiger partial charge in [-0.15, -0.1) is 0 Å². The lowest BCUT2D eigenvalue weighted by Gasteiger charge is -2.17. The van der Waals surface area contributed by atoms with Gasteiger partial charge >= 0.3 is 0 Å². The summed E-state index contributed by atoms with van der Waals surface area (Å²) in [5.41, 5.74) is 4.74. The second kappa shape index (κ2) is 6.66. The molecule has 2 aromatic rings. The number of nitrogens with zero attached hydrogens (tertiary/aromatic N) is 3. The van der Waals surface area contributed by atoms with E-state index in [1.54, 1.807) is 0 Å². The van der Waals surface area contributed by atoms with E-state index in [-0.39, 0.29) is 6.04 Å². The molecule has 2 aromatic heterocycles. The van der Waals surface area contributed by atoms with Crippen LogP contribution in [0.25, 0.3) is 0 Å². The third-order valence-corrected chi connectivity index (χ3v) is 3.55. The van der Waals surface area contributed by atoms with Gasteiger partial charge in [0, 0.05) is 25.4 Å². The summed E-state index contributed by atoms with van der Waals surface area (Å²) in [4.78, 5) is 4.52. The number of nitrogens with one attached hydrogen (secondary N) is 1. The molecule has 0 aliphatic rings. The minimum atomic E-state index is 0.236. The van der Waals surface area contributed by atoms with E-state index in [0.717, 1.165) is 30.8 Å². The molecule has 0 radical (unpaired) electrons. The van der Waals surface area contributed by atoms with Crippen LogP contribution in [-0.4, -0.2) is 21.3 Å². The van der Waals surface area contributed by atoms with Crippen LogP contribution in [0.15, 0.2) is 24.4 Å². The molecule has 0 spiro atoms. The Kier molecular flexibility index (Phi) is 4.90. The number of likely N-dealkylation sites (N-methyl/N-ethyl adjacent to an activating group) is 1. The molecule has 4 heteroatoms. The summed E-state index contributed by atoms with van der Waals surface area (Å²) < 4.78 is 1.99. The number of pyridine rings is 1. The van der Waals surface area contributed by atoms with Gasteiger partial charge in [-0.2, -0.15) is 5.10 Å². The van der Waals surface area contributed by atoms with Crippen molar-refractivity contribution >= 4 is 0 Å². The summed E-state index contributed by atoms with van der Waals surface area (Å²) in [6.45, 7) is 7.30. The average Bonchev–Trinajstić information content (AvgIpc) is 2.79. The Labute approximate surface area is 121 Å². The summed E-state index contributed by atoms with van der Waals surface area (Å²) in [5, 5.41) is 8.05. The lowest BCUT2D eigenvalue weighted by Crippen LogP contribution is -2.24. The van der Waals surface area contributed by atoms with Crippen LogP contribution >= 0.6 is 0 Å². The molecule has 108 valence electrons. The molecule has 1 N–H and O–H groups in total. The van der Waals surface area contributed by atoms with Crippen molar-refractivity contribution in [3.8, 4) is 0 Å². The number of hydrogen-bond donors (Lipinski definition) is 1. The molecule has 20 heavy (non-hydrogen) atoms. The van der Waals surface area contributed by atoms with Crippen LogP contribution in [0.2, 0.25) is 0 Å². The molecule has 0 fully saturated rings. The standard InChI is InChI=1S/C16H24N4/c1-5-13-10-14(20(4)19-13)11-16(17-6-2)15-9-12(3)7-8-18-15/h7-10,16-17H,5-6,11H2,1-4H3. The van der Waals surface area contributed by atoms with Gasteiger partial charge in [0.05, 0.1) is 17.4 Å². The topological polar surface area (TPSA) is 42.7 Å². The van der Waals surface area contributed by atoms with Crippen molar-refractivity contribution in [3.05, 3.63) is 47.0 Å². The fourth-order valence-electron chi connectivity index (χ4n) is 2.42. The monoisotopic (exact) mass is 272 g/mol. The average molecular weight is 272 g/mol. The van der Waals surface area contributed by atoms with E-state index in [1.807, 2.05) is 24.0 Å². The molecule has 2 rings (SSSR count). The maximum absolute atomic E-state index is 4.52. The molecule has 4 nitrogen and oxygen atoms in total. The first-order chi connectivity index (χ1) is 9.63. The van der Waals surface area contributed by atoms with Crippen molar-refractivity contribution in [2.75, 3.05) is 6.54 Å². The number of aryl methyl sites for hydroxylation is 3. The third kappa shape index (κ3) is 3.45. The largest absolute Gasteiger partial charge is 0.309 e. The Balaban J connectivity index is 2.22. The second-order valence-corrected chi connectivity index (χ2v) is 5.18. The fourth-order valence-corrected chi connectivity index (χ4v) is 2.42.